The molecule has 0 aliphatic rings. The first-order valence-corrected chi connectivity index (χ1v) is 4.89. The van der Waals surface area contributed by atoms with Gasteiger partial charge in [-0.3, -0.25) is 0 Å². The van der Waals surface area contributed by atoms with Gasteiger partial charge in [-0.25, -0.2) is 0 Å². The van der Waals surface area contributed by atoms with Crippen LogP contribution in [0.4, 0.5) is 0 Å². The van der Waals surface area contributed by atoms with Crippen molar-refractivity contribution in [2.45, 2.75) is 25.8 Å². The van der Waals surface area contributed by atoms with Crippen molar-refractivity contribution in [3.8, 4) is 17.2 Å². The van der Waals surface area contributed by atoms with E-state index in [4.69, 9.17) is 10.5 Å². The van der Waals surface area contributed by atoms with E-state index >= 15 is 0 Å². The second-order valence-corrected chi connectivity index (χ2v) is 3.68. The van der Waals surface area contributed by atoms with Crippen molar-refractivity contribution in [2.24, 2.45) is 5.73 Å². The highest BCUT2D eigenvalue weighted by atomic mass is 16.5. The summed E-state index contributed by atoms with van der Waals surface area (Å²) in [4.78, 5) is 0. The van der Waals surface area contributed by atoms with Gasteiger partial charge in [-0.2, -0.15) is 0 Å². The number of aromatic hydroxyl groups is 2. The van der Waals surface area contributed by atoms with Crippen LogP contribution in [-0.2, 0) is 6.42 Å². The van der Waals surface area contributed by atoms with Crippen molar-refractivity contribution >= 4 is 0 Å². The van der Waals surface area contributed by atoms with E-state index in [0.717, 1.165) is 18.4 Å². The second kappa shape index (κ2) is 4.89. The predicted molar refractivity (Wildman–Crippen MR) is 58.3 cm³/mol. The largest absolute Gasteiger partial charge is 0.504 e. The Morgan fingerprint density at radius 3 is 2.60 bits per heavy atom. The van der Waals surface area contributed by atoms with Crippen molar-refractivity contribution in [3.05, 3.63) is 17.7 Å². The average Bonchev–Trinajstić information content (AvgIpc) is 2.19. The molecule has 0 bridgehead atoms. The molecule has 0 amide bonds. The monoisotopic (exact) mass is 211 g/mol. The molecular formula is C11H17NO3. The van der Waals surface area contributed by atoms with Crippen molar-refractivity contribution < 1.29 is 14.9 Å². The molecule has 4 heteroatoms. The van der Waals surface area contributed by atoms with Crippen molar-refractivity contribution in [1.82, 2.24) is 0 Å². The number of hydrogen-bond acceptors (Lipinski definition) is 4. The Morgan fingerprint density at radius 2 is 2.07 bits per heavy atom. The van der Waals surface area contributed by atoms with Gasteiger partial charge in [-0.15, -0.1) is 0 Å². The maximum Gasteiger partial charge on any atom is 0.200 e. The van der Waals surface area contributed by atoms with Gasteiger partial charge in [0.25, 0.3) is 0 Å². The van der Waals surface area contributed by atoms with Crippen molar-refractivity contribution in [1.29, 1.82) is 0 Å². The van der Waals surface area contributed by atoms with Crippen LogP contribution in [0.3, 0.4) is 0 Å². The Bertz CT molecular complexity index is 337. The molecule has 0 unspecified atom stereocenters. The minimum absolute atomic E-state index is 0.118. The molecule has 0 saturated heterocycles. The molecule has 4 nitrogen and oxygen atoms in total. The van der Waals surface area contributed by atoms with Crippen LogP contribution in [0.25, 0.3) is 0 Å². The maximum atomic E-state index is 9.42. The Hall–Kier alpha value is -1.42. The van der Waals surface area contributed by atoms with E-state index in [1.165, 1.54) is 13.2 Å². The van der Waals surface area contributed by atoms with Crippen molar-refractivity contribution in [3.63, 3.8) is 0 Å². The quantitative estimate of drug-likeness (QED) is 0.658. The van der Waals surface area contributed by atoms with E-state index in [2.05, 4.69) is 0 Å². The smallest absolute Gasteiger partial charge is 0.200 e. The molecule has 15 heavy (non-hydrogen) atoms. The van der Waals surface area contributed by atoms with Gasteiger partial charge in [0.2, 0.25) is 5.75 Å². The van der Waals surface area contributed by atoms with Crippen molar-refractivity contribution in [2.75, 3.05) is 7.11 Å². The van der Waals surface area contributed by atoms with Crippen LogP contribution < -0.4 is 10.5 Å². The highest BCUT2D eigenvalue weighted by molar-refractivity contribution is 5.51. The summed E-state index contributed by atoms with van der Waals surface area (Å²) in [6, 6.07) is 3.35. The zero-order valence-corrected chi connectivity index (χ0v) is 9.03. The number of benzene rings is 1. The van der Waals surface area contributed by atoms with E-state index in [1.54, 1.807) is 6.07 Å². The minimum Gasteiger partial charge on any atom is -0.504 e. The van der Waals surface area contributed by atoms with E-state index < -0.39 is 0 Å². The van der Waals surface area contributed by atoms with Gasteiger partial charge in [0.05, 0.1) is 7.11 Å². The van der Waals surface area contributed by atoms with Gasteiger partial charge >= 0.3 is 0 Å². The first kappa shape index (κ1) is 11.7. The molecule has 0 saturated carbocycles. The second-order valence-electron chi connectivity index (χ2n) is 3.68. The van der Waals surface area contributed by atoms with Crippen LogP contribution in [0.5, 0.6) is 17.2 Å². The zero-order chi connectivity index (χ0) is 11.4. The molecule has 0 radical (unpaired) electrons. The lowest BCUT2D eigenvalue weighted by Crippen LogP contribution is -2.15. The molecule has 4 N–H and O–H groups in total. The molecule has 0 aliphatic heterocycles. The normalized spacial score (nSPS) is 12.5. The average molecular weight is 211 g/mol. The fourth-order valence-corrected chi connectivity index (χ4v) is 1.34. The highest BCUT2D eigenvalue weighted by Gasteiger charge is 2.09. The number of phenols is 2. The number of ether oxygens (including phenoxy) is 1. The van der Waals surface area contributed by atoms with Crippen LogP contribution in [0.15, 0.2) is 12.1 Å². The molecule has 1 aromatic carbocycles. The van der Waals surface area contributed by atoms with Crippen LogP contribution in [0.1, 0.15) is 18.9 Å². The van der Waals surface area contributed by atoms with E-state index in [0.29, 0.717) is 0 Å². The van der Waals surface area contributed by atoms with Gasteiger partial charge in [0.1, 0.15) is 0 Å². The Morgan fingerprint density at radius 1 is 1.40 bits per heavy atom. The molecule has 0 aromatic heterocycles. The summed E-state index contributed by atoms with van der Waals surface area (Å²) in [5.41, 5.74) is 6.54. The molecule has 0 spiro atoms. The highest BCUT2D eigenvalue weighted by Crippen LogP contribution is 2.36. The number of rotatable bonds is 4. The Kier molecular flexibility index (Phi) is 3.80. The van der Waals surface area contributed by atoms with E-state index in [-0.39, 0.29) is 23.3 Å². The number of methoxy groups -OCH3 is 1. The Balaban J connectivity index is 2.86. The Labute approximate surface area is 89.3 Å². The molecule has 0 aliphatic carbocycles. The van der Waals surface area contributed by atoms with Gasteiger partial charge in [-0.1, -0.05) is 0 Å². The molecule has 0 fully saturated rings. The lowest BCUT2D eigenvalue weighted by atomic mass is 10.1. The third-order valence-electron chi connectivity index (χ3n) is 2.22. The van der Waals surface area contributed by atoms with Crippen LogP contribution in [0.2, 0.25) is 0 Å². The minimum atomic E-state index is -0.220. The number of phenolic OH excluding ortho intramolecular Hbond substituents is 2. The lowest BCUT2D eigenvalue weighted by Gasteiger charge is -2.09. The van der Waals surface area contributed by atoms with Gasteiger partial charge in [0.15, 0.2) is 11.5 Å². The summed E-state index contributed by atoms with van der Waals surface area (Å²) in [5, 5.41) is 18.8. The summed E-state index contributed by atoms with van der Waals surface area (Å²) in [6.07, 6.45) is 1.58. The summed E-state index contributed by atoms with van der Waals surface area (Å²) < 4.78 is 4.93. The maximum absolute atomic E-state index is 9.42. The van der Waals surface area contributed by atoms with Gasteiger partial charge in [-0.05, 0) is 37.5 Å². The van der Waals surface area contributed by atoms with E-state index in [1.807, 2.05) is 6.92 Å². The molecule has 0 heterocycles. The SMILES string of the molecule is COc1cc(CC[C@H](C)N)cc(O)c1O. The third kappa shape index (κ3) is 3.02. The van der Waals surface area contributed by atoms with Crippen LogP contribution >= 0.6 is 0 Å². The summed E-state index contributed by atoms with van der Waals surface area (Å²) >= 11 is 0. The predicted octanol–water partition coefficient (Wildman–Crippen LogP) is 1.39. The number of nitrogens with two attached hydrogens (primary N) is 1. The molecule has 1 aromatic rings. The molecule has 1 rings (SSSR count). The summed E-state index contributed by atoms with van der Waals surface area (Å²) in [7, 11) is 1.45. The fraction of sp³-hybridized carbons (Fsp3) is 0.455. The van der Waals surface area contributed by atoms with E-state index in [9.17, 15) is 10.2 Å². The van der Waals surface area contributed by atoms with Crippen LogP contribution in [0, 0.1) is 0 Å². The lowest BCUT2D eigenvalue weighted by molar-refractivity contribution is 0.350. The van der Waals surface area contributed by atoms with Crippen LogP contribution in [-0.4, -0.2) is 23.4 Å². The first-order valence-electron chi connectivity index (χ1n) is 4.89. The summed E-state index contributed by atoms with van der Waals surface area (Å²) in [6.45, 7) is 1.93. The zero-order valence-electron chi connectivity index (χ0n) is 9.03. The number of hydrogen-bond donors (Lipinski definition) is 3. The molecular weight excluding hydrogens is 194 g/mol. The molecule has 84 valence electrons. The van der Waals surface area contributed by atoms with Gasteiger partial charge in [0, 0.05) is 6.04 Å². The molecule has 1 atom stereocenters. The third-order valence-corrected chi connectivity index (χ3v) is 2.22. The summed E-state index contributed by atoms with van der Waals surface area (Å²) in [5.74, 6) is -0.0919. The standard InChI is InChI=1S/C11H17NO3/c1-7(12)3-4-8-5-9(13)11(14)10(6-8)15-2/h5-7,13-14H,3-4,12H2,1-2H3/t7-/m0/s1. The fourth-order valence-electron chi connectivity index (χ4n) is 1.34. The topological polar surface area (TPSA) is 75.7 Å². The van der Waals surface area contributed by atoms with Gasteiger partial charge < -0.3 is 20.7 Å². The number of aryl methyl sites for hydroxylation is 1. The first-order chi connectivity index (χ1) is 7.04.